The standard InChI is InChI=1S/C16H20N2O4/c1-12(19)14-5-3-9-17(11-14)16(20)8-7-13-4-2-6-15(10-13)18(21)22/h2,4,6-8,10,12,14,19H,3,5,9,11H2,1H3/b8-7+. The van der Waals surface area contributed by atoms with Gasteiger partial charge in [0.15, 0.2) is 0 Å². The first-order valence-corrected chi connectivity index (χ1v) is 7.37. The number of nitro benzene ring substituents is 1. The first kappa shape index (κ1) is 16.2. The van der Waals surface area contributed by atoms with Crippen LogP contribution in [-0.4, -0.2) is 40.0 Å². The van der Waals surface area contributed by atoms with E-state index in [4.69, 9.17) is 0 Å². The fourth-order valence-corrected chi connectivity index (χ4v) is 2.62. The number of carbonyl (C=O) groups is 1. The number of aliphatic hydroxyl groups is 1. The zero-order chi connectivity index (χ0) is 16.1. The molecule has 0 saturated carbocycles. The molecule has 0 aromatic heterocycles. The minimum atomic E-state index is -0.461. The Bertz CT molecular complexity index is 583. The van der Waals surface area contributed by atoms with Crippen LogP contribution in [0.2, 0.25) is 0 Å². The molecular formula is C16H20N2O4. The molecule has 22 heavy (non-hydrogen) atoms. The zero-order valence-corrected chi connectivity index (χ0v) is 12.5. The molecule has 1 saturated heterocycles. The number of hydrogen-bond donors (Lipinski definition) is 1. The van der Waals surface area contributed by atoms with E-state index in [0.717, 1.165) is 12.8 Å². The summed E-state index contributed by atoms with van der Waals surface area (Å²) < 4.78 is 0. The highest BCUT2D eigenvalue weighted by molar-refractivity contribution is 5.91. The topological polar surface area (TPSA) is 83.7 Å². The molecule has 118 valence electrons. The van der Waals surface area contributed by atoms with Gasteiger partial charge in [0.1, 0.15) is 0 Å². The number of nitrogens with zero attached hydrogens (tertiary/aromatic N) is 2. The van der Waals surface area contributed by atoms with Gasteiger partial charge in [0, 0.05) is 37.2 Å². The lowest BCUT2D eigenvalue weighted by Crippen LogP contribution is -2.42. The Balaban J connectivity index is 2.02. The van der Waals surface area contributed by atoms with Crippen molar-refractivity contribution in [3.8, 4) is 0 Å². The molecule has 1 aromatic carbocycles. The molecule has 0 aliphatic carbocycles. The van der Waals surface area contributed by atoms with Gasteiger partial charge in [-0.15, -0.1) is 0 Å². The van der Waals surface area contributed by atoms with E-state index in [1.807, 2.05) is 0 Å². The minimum absolute atomic E-state index is 0.00161. The van der Waals surface area contributed by atoms with Crippen molar-refractivity contribution < 1.29 is 14.8 Å². The van der Waals surface area contributed by atoms with E-state index in [1.165, 1.54) is 18.2 Å². The number of benzene rings is 1. The van der Waals surface area contributed by atoms with E-state index >= 15 is 0 Å². The van der Waals surface area contributed by atoms with E-state index in [-0.39, 0.29) is 17.5 Å². The Morgan fingerprint density at radius 1 is 1.55 bits per heavy atom. The summed E-state index contributed by atoms with van der Waals surface area (Å²) in [5, 5.41) is 20.4. The molecule has 1 aliphatic rings. The summed E-state index contributed by atoms with van der Waals surface area (Å²) in [7, 11) is 0. The maximum absolute atomic E-state index is 12.2. The quantitative estimate of drug-likeness (QED) is 0.525. The summed E-state index contributed by atoms with van der Waals surface area (Å²) in [6.45, 7) is 2.98. The van der Waals surface area contributed by atoms with Crippen molar-refractivity contribution in [1.82, 2.24) is 4.90 Å². The average Bonchev–Trinajstić information content (AvgIpc) is 2.53. The number of aliphatic hydroxyl groups excluding tert-OH is 1. The molecular weight excluding hydrogens is 284 g/mol. The SMILES string of the molecule is CC(O)C1CCCN(C(=O)/C=C/c2cccc([N+](=O)[O-])c2)C1. The van der Waals surface area contributed by atoms with Crippen LogP contribution in [0.25, 0.3) is 6.08 Å². The van der Waals surface area contributed by atoms with Gasteiger partial charge in [0.05, 0.1) is 11.0 Å². The maximum Gasteiger partial charge on any atom is 0.270 e. The number of carbonyl (C=O) groups excluding carboxylic acids is 1. The van der Waals surface area contributed by atoms with E-state index in [2.05, 4.69) is 0 Å². The average molecular weight is 304 g/mol. The molecule has 1 amide bonds. The maximum atomic E-state index is 12.2. The molecule has 1 aromatic rings. The van der Waals surface area contributed by atoms with Crippen molar-refractivity contribution in [3.05, 3.63) is 46.0 Å². The van der Waals surface area contributed by atoms with Gasteiger partial charge in [-0.3, -0.25) is 14.9 Å². The zero-order valence-electron chi connectivity index (χ0n) is 12.5. The van der Waals surface area contributed by atoms with Gasteiger partial charge in [-0.05, 0) is 31.4 Å². The van der Waals surface area contributed by atoms with Crippen LogP contribution >= 0.6 is 0 Å². The molecule has 6 nitrogen and oxygen atoms in total. The Labute approximate surface area is 129 Å². The van der Waals surface area contributed by atoms with Crippen LogP contribution < -0.4 is 0 Å². The van der Waals surface area contributed by atoms with E-state index in [9.17, 15) is 20.0 Å². The van der Waals surface area contributed by atoms with Gasteiger partial charge in [-0.1, -0.05) is 12.1 Å². The van der Waals surface area contributed by atoms with Crippen molar-refractivity contribution >= 4 is 17.7 Å². The predicted molar refractivity (Wildman–Crippen MR) is 83.1 cm³/mol. The number of amides is 1. The Morgan fingerprint density at radius 2 is 2.32 bits per heavy atom. The van der Waals surface area contributed by atoms with Gasteiger partial charge >= 0.3 is 0 Å². The summed E-state index contributed by atoms with van der Waals surface area (Å²) in [6, 6.07) is 6.15. The second kappa shape index (κ2) is 7.17. The Hall–Kier alpha value is -2.21. The number of likely N-dealkylation sites (tertiary alicyclic amines) is 1. The molecule has 1 aliphatic heterocycles. The number of non-ortho nitro benzene ring substituents is 1. The van der Waals surface area contributed by atoms with E-state index < -0.39 is 11.0 Å². The minimum Gasteiger partial charge on any atom is -0.393 e. The number of rotatable bonds is 4. The third-order valence-electron chi connectivity index (χ3n) is 3.95. The van der Waals surface area contributed by atoms with Crippen LogP contribution in [-0.2, 0) is 4.79 Å². The first-order chi connectivity index (χ1) is 10.5. The van der Waals surface area contributed by atoms with Crippen molar-refractivity contribution in [2.24, 2.45) is 5.92 Å². The number of hydrogen-bond acceptors (Lipinski definition) is 4. The number of piperidine rings is 1. The van der Waals surface area contributed by atoms with Crippen molar-refractivity contribution in [2.45, 2.75) is 25.9 Å². The van der Waals surface area contributed by atoms with Crippen LogP contribution in [0.1, 0.15) is 25.3 Å². The predicted octanol–water partition coefficient (Wildman–Crippen LogP) is 2.23. The van der Waals surface area contributed by atoms with Gasteiger partial charge in [0.2, 0.25) is 5.91 Å². The fraction of sp³-hybridized carbons (Fsp3) is 0.438. The third kappa shape index (κ3) is 4.14. The molecule has 0 spiro atoms. The molecule has 1 N–H and O–H groups in total. The summed E-state index contributed by atoms with van der Waals surface area (Å²) in [6.07, 6.45) is 4.41. The lowest BCUT2D eigenvalue weighted by molar-refractivity contribution is -0.384. The van der Waals surface area contributed by atoms with Crippen LogP contribution in [0.15, 0.2) is 30.3 Å². The molecule has 2 rings (SSSR count). The first-order valence-electron chi connectivity index (χ1n) is 7.37. The highest BCUT2D eigenvalue weighted by Gasteiger charge is 2.25. The summed E-state index contributed by atoms with van der Waals surface area (Å²) in [5.41, 5.74) is 0.619. The summed E-state index contributed by atoms with van der Waals surface area (Å²) in [5.74, 6) is -0.0132. The highest BCUT2D eigenvalue weighted by atomic mass is 16.6. The second-order valence-electron chi connectivity index (χ2n) is 5.61. The lowest BCUT2D eigenvalue weighted by atomic mass is 9.93. The van der Waals surface area contributed by atoms with E-state index in [1.54, 1.807) is 30.0 Å². The van der Waals surface area contributed by atoms with Gasteiger partial charge in [-0.2, -0.15) is 0 Å². The monoisotopic (exact) mass is 304 g/mol. The van der Waals surface area contributed by atoms with Gasteiger partial charge in [0.25, 0.3) is 5.69 Å². The smallest absolute Gasteiger partial charge is 0.270 e. The molecule has 0 bridgehead atoms. The fourth-order valence-electron chi connectivity index (χ4n) is 2.62. The van der Waals surface area contributed by atoms with Crippen LogP contribution in [0.3, 0.4) is 0 Å². The summed E-state index contributed by atoms with van der Waals surface area (Å²) in [4.78, 5) is 24.2. The molecule has 1 fully saturated rings. The van der Waals surface area contributed by atoms with Crippen molar-refractivity contribution in [3.63, 3.8) is 0 Å². The highest BCUT2D eigenvalue weighted by Crippen LogP contribution is 2.20. The van der Waals surface area contributed by atoms with E-state index in [0.29, 0.717) is 18.7 Å². The van der Waals surface area contributed by atoms with Gasteiger partial charge in [-0.25, -0.2) is 0 Å². The molecule has 1 heterocycles. The molecule has 6 heteroatoms. The molecule has 0 radical (unpaired) electrons. The van der Waals surface area contributed by atoms with Crippen molar-refractivity contribution in [1.29, 1.82) is 0 Å². The molecule has 2 atom stereocenters. The van der Waals surface area contributed by atoms with Crippen LogP contribution in [0, 0.1) is 16.0 Å². The third-order valence-corrected chi connectivity index (χ3v) is 3.95. The second-order valence-corrected chi connectivity index (χ2v) is 5.61. The van der Waals surface area contributed by atoms with Crippen molar-refractivity contribution in [2.75, 3.05) is 13.1 Å². The largest absolute Gasteiger partial charge is 0.393 e. The normalized spacial score (nSPS) is 20.1. The Kier molecular flexibility index (Phi) is 5.27. The Morgan fingerprint density at radius 3 is 3.00 bits per heavy atom. The summed E-state index contributed by atoms with van der Waals surface area (Å²) >= 11 is 0. The van der Waals surface area contributed by atoms with Crippen LogP contribution in [0.5, 0.6) is 0 Å². The van der Waals surface area contributed by atoms with Gasteiger partial charge < -0.3 is 10.0 Å². The molecule has 2 unspecified atom stereocenters. The lowest BCUT2D eigenvalue weighted by Gasteiger charge is -2.33. The number of nitro groups is 1. The van der Waals surface area contributed by atoms with Crippen LogP contribution in [0.4, 0.5) is 5.69 Å².